The van der Waals surface area contributed by atoms with E-state index in [0.29, 0.717) is 6.04 Å². The lowest BCUT2D eigenvalue weighted by atomic mass is 9.86. The van der Waals surface area contributed by atoms with Crippen LogP contribution >= 0.6 is 0 Å². The maximum atomic E-state index is 11.4. The van der Waals surface area contributed by atoms with Crippen LogP contribution in [-0.4, -0.2) is 49.6 Å². The number of carbonyl (C=O) groups excluding carboxylic acids is 1. The first kappa shape index (κ1) is 18.2. The van der Waals surface area contributed by atoms with Gasteiger partial charge in [-0.1, -0.05) is 31.9 Å². The van der Waals surface area contributed by atoms with Crippen LogP contribution < -0.4 is 10.2 Å². The summed E-state index contributed by atoms with van der Waals surface area (Å²) in [6.45, 7) is 9.72. The molecule has 138 valence electrons. The average Bonchev–Trinajstić information content (AvgIpc) is 2.61. The number of nitrogens with zero attached hydrogens (tertiary/aromatic N) is 2. The Balaban J connectivity index is 1.63. The average molecular weight is 344 g/mol. The van der Waals surface area contributed by atoms with Crippen LogP contribution in [0.4, 0.5) is 5.69 Å². The number of aryl methyl sites for hydroxylation is 1. The van der Waals surface area contributed by atoms with Crippen molar-refractivity contribution in [2.24, 2.45) is 0 Å². The first-order chi connectivity index (χ1) is 12.2. The van der Waals surface area contributed by atoms with Crippen molar-refractivity contribution < 1.29 is 4.79 Å². The second kappa shape index (κ2) is 8.70. The number of hydrogen-bond donors (Lipinski definition) is 1. The Kier molecular flexibility index (Phi) is 6.35. The zero-order valence-electron chi connectivity index (χ0n) is 15.9. The molecule has 4 heteroatoms. The molecule has 1 aliphatic carbocycles. The third-order valence-corrected chi connectivity index (χ3v) is 5.66. The van der Waals surface area contributed by atoms with Gasteiger partial charge < -0.3 is 10.2 Å². The van der Waals surface area contributed by atoms with Crippen LogP contribution in [0, 0.1) is 0 Å². The second-order valence-electron chi connectivity index (χ2n) is 7.59. The van der Waals surface area contributed by atoms with Gasteiger partial charge in [-0.2, -0.15) is 0 Å². The minimum Gasteiger partial charge on any atom is -0.369 e. The van der Waals surface area contributed by atoms with E-state index in [1.54, 1.807) is 6.92 Å². The molecule has 4 nitrogen and oxygen atoms in total. The SMILES string of the molecule is CCCCCN1CCN(c2cccc3c2C[C@H](NC(C)=O)CC3)CC1. The largest absolute Gasteiger partial charge is 0.369 e. The fourth-order valence-electron chi connectivity index (χ4n) is 4.27. The highest BCUT2D eigenvalue weighted by Crippen LogP contribution is 2.31. The molecule has 25 heavy (non-hydrogen) atoms. The smallest absolute Gasteiger partial charge is 0.217 e. The summed E-state index contributed by atoms with van der Waals surface area (Å²) in [5.74, 6) is 0.0895. The van der Waals surface area contributed by atoms with E-state index in [1.165, 1.54) is 55.7 Å². The van der Waals surface area contributed by atoms with Gasteiger partial charge in [0.25, 0.3) is 0 Å². The Hall–Kier alpha value is -1.55. The Morgan fingerprint density at radius 1 is 1.20 bits per heavy atom. The molecule has 1 aromatic rings. The molecule has 1 aliphatic heterocycles. The molecule has 1 saturated heterocycles. The first-order valence-corrected chi connectivity index (χ1v) is 10.0. The molecular weight excluding hydrogens is 310 g/mol. The van der Waals surface area contributed by atoms with Crippen molar-refractivity contribution in [2.45, 2.75) is 58.4 Å². The number of nitrogens with one attached hydrogen (secondary N) is 1. The van der Waals surface area contributed by atoms with Gasteiger partial charge in [-0.05, 0) is 49.4 Å². The maximum Gasteiger partial charge on any atom is 0.217 e. The number of amides is 1. The van der Waals surface area contributed by atoms with Gasteiger partial charge in [0.05, 0.1) is 0 Å². The summed E-state index contributed by atoms with van der Waals surface area (Å²) in [7, 11) is 0. The third kappa shape index (κ3) is 4.75. The molecule has 1 heterocycles. The van der Waals surface area contributed by atoms with Gasteiger partial charge in [0, 0.05) is 44.8 Å². The summed E-state index contributed by atoms with van der Waals surface area (Å²) >= 11 is 0. The highest BCUT2D eigenvalue weighted by atomic mass is 16.1. The van der Waals surface area contributed by atoms with Crippen molar-refractivity contribution in [1.82, 2.24) is 10.2 Å². The van der Waals surface area contributed by atoms with Gasteiger partial charge in [-0.15, -0.1) is 0 Å². The minimum absolute atomic E-state index is 0.0895. The summed E-state index contributed by atoms with van der Waals surface area (Å²) < 4.78 is 0. The summed E-state index contributed by atoms with van der Waals surface area (Å²) in [6, 6.07) is 7.05. The summed E-state index contributed by atoms with van der Waals surface area (Å²) in [5.41, 5.74) is 4.34. The van der Waals surface area contributed by atoms with Crippen LogP contribution in [0.5, 0.6) is 0 Å². The number of unbranched alkanes of at least 4 members (excludes halogenated alkanes) is 2. The van der Waals surface area contributed by atoms with Crippen molar-refractivity contribution in [3.63, 3.8) is 0 Å². The molecule has 0 spiro atoms. The molecule has 0 saturated carbocycles. The standard InChI is InChI=1S/C21H33N3O/c1-3-4-5-11-23-12-14-24(15-13-23)21-8-6-7-18-9-10-19(16-20(18)21)22-17(2)25/h6-8,19H,3-5,9-16H2,1-2H3,(H,22,25)/t19-/m1/s1. The first-order valence-electron chi connectivity index (χ1n) is 10.0. The van der Waals surface area contributed by atoms with Crippen molar-refractivity contribution in [1.29, 1.82) is 0 Å². The zero-order chi connectivity index (χ0) is 17.6. The topological polar surface area (TPSA) is 35.6 Å². The Morgan fingerprint density at radius 3 is 2.72 bits per heavy atom. The number of fused-ring (bicyclic) bond motifs is 1. The monoisotopic (exact) mass is 343 g/mol. The fraction of sp³-hybridized carbons (Fsp3) is 0.667. The highest BCUT2D eigenvalue weighted by molar-refractivity contribution is 5.73. The number of hydrogen-bond acceptors (Lipinski definition) is 3. The molecule has 1 atom stereocenters. The molecule has 0 radical (unpaired) electrons. The van der Waals surface area contributed by atoms with E-state index >= 15 is 0 Å². The molecule has 3 rings (SSSR count). The Labute approximate surface area is 152 Å². The van der Waals surface area contributed by atoms with E-state index in [0.717, 1.165) is 32.4 Å². The number of anilines is 1. The van der Waals surface area contributed by atoms with E-state index in [2.05, 4.69) is 40.2 Å². The summed E-state index contributed by atoms with van der Waals surface area (Å²) in [5, 5.41) is 3.12. The van der Waals surface area contributed by atoms with E-state index in [1.807, 2.05) is 0 Å². The second-order valence-corrected chi connectivity index (χ2v) is 7.59. The molecule has 1 fully saturated rings. The minimum atomic E-state index is 0.0895. The van der Waals surface area contributed by atoms with Gasteiger partial charge in [0.2, 0.25) is 5.91 Å². The van der Waals surface area contributed by atoms with Crippen LogP contribution in [0.3, 0.4) is 0 Å². The van der Waals surface area contributed by atoms with Crippen molar-refractivity contribution in [2.75, 3.05) is 37.6 Å². The molecule has 0 bridgehead atoms. The van der Waals surface area contributed by atoms with Gasteiger partial charge in [0.1, 0.15) is 0 Å². The predicted molar refractivity (Wildman–Crippen MR) is 104 cm³/mol. The molecule has 1 N–H and O–H groups in total. The van der Waals surface area contributed by atoms with Gasteiger partial charge in [-0.3, -0.25) is 9.69 Å². The molecule has 0 aromatic heterocycles. The zero-order valence-corrected chi connectivity index (χ0v) is 15.9. The molecule has 1 amide bonds. The van der Waals surface area contributed by atoms with Gasteiger partial charge in [0.15, 0.2) is 0 Å². The van der Waals surface area contributed by atoms with Crippen LogP contribution in [0.1, 0.15) is 50.7 Å². The quantitative estimate of drug-likeness (QED) is 0.807. The van der Waals surface area contributed by atoms with Crippen molar-refractivity contribution in [3.8, 4) is 0 Å². The van der Waals surface area contributed by atoms with E-state index in [4.69, 9.17) is 0 Å². The molecule has 1 aromatic carbocycles. The lowest BCUT2D eigenvalue weighted by Gasteiger charge is -2.38. The lowest BCUT2D eigenvalue weighted by Crippen LogP contribution is -2.47. The van der Waals surface area contributed by atoms with E-state index < -0.39 is 0 Å². The van der Waals surface area contributed by atoms with Crippen LogP contribution in [0.25, 0.3) is 0 Å². The Morgan fingerprint density at radius 2 is 2.00 bits per heavy atom. The molecule has 2 aliphatic rings. The molecular formula is C21H33N3O. The Bertz CT molecular complexity index is 579. The number of benzene rings is 1. The van der Waals surface area contributed by atoms with Crippen molar-refractivity contribution >= 4 is 11.6 Å². The number of carbonyl (C=O) groups is 1. The van der Waals surface area contributed by atoms with E-state index in [9.17, 15) is 4.79 Å². The summed E-state index contributed by atoms with van der Waals surface area (Å²) in [6.07, 6.45) is 7.08. The van der Waals surface area contributed by atoms with Crippen molar-refractivity contribution in [3.05, 3.63) is 29.3 Å². The molecule has 0 unspecified atom stereocenters. The number of rotatable bonds is 6. The normalized spacial score (nSPS) is 21.0. The fourth-order valence-corrected chi connectivity index (χ4v) is 4.27. The lowest BCUT2D eigenvalue weighted by molar-refractivity contribution is -0.119. The van der Waals surface area contributed by atoms with Gasteiger partial charge >= 0.3 is 0 Å². The van der Waals surface area contributed by atoms with Crippen LogP contribution in [0.2, 0.25) is 0 Å². The van der Waals surface area contributed by atoms with E-state index in [-0.39, 0.29) is 5.91 Å². The van der Waals surface area contributed by atoms with Gasteiger partial charge in [-0.25, -0.2) is 0 Å². The third-order valence-electron chi connectivity index (χ3n) is 5.66. The highest BCUT2D eigenvalue weighted by Gasteiger charge is 2.25. The maximum absolute atomic E-state index is 11.4. The summed E-state index contributed by atoms with van der Waals surface area (Å²) in [4.78, 5) is 16.6. The van der Waals surface area contributed by atoms with Crippen LogP contribution in [-0.2, 0) is 17.6 Å². The van der Waals surface area contributed by atoms with Crippen LogP contribution in [0.15, 0.2) is 18.2 Å². The number of piperazine rings is 1. The predicted octanol–water partition coefficient (Wildman–Crippen LogP) is 2.99.